The maximum atomic E-state index is 4.56. The first-order chi connectivity index (χ1) is 11.3. The molecule has 3 heterocycles. The van der Waals surface area contributed by atoms with Crippen LogP contribution in [0.15, 0.2) is 24.3 Å². The highest BCUT2D eigenvalue weighted by Gasteiger charge is 2.33. The van der Waals surface area contributed by atoms with Crippen LogP contribution in [0.25, 0.3) is 11.0 Å². The number of hydrogen-bond donors (Lipinski definition) is 1. The lowest BCUT2D eigenvalue weighted by atomic mass is 9.93. The van der Waals surface area contributed by atoms with Crippen molar-refractivity contribution in [2.75, 3.05) is 46.3 Å². The number of likely N-dealkylation sites (N-methyl/N-ethyl adjacent to an activating group) is 1. The van der Waals surface area contributed by atoms with E-state index in [2.05, 4.69) is 55.4 Å². The van der Waals surface area contributed by atoms with E-state index in [9.17, 15) is 0 Å². The molecule has 0 bridgehead atoms. The summed E-state index contributed by atoms with van der Waals surface area (Å²) in [5.41, 5.74) is 2.16. The lowest BCUT2D eigenvalue weighted by molar-refractivity contribution is 0.0232. The van der Waals surface area contributed by atoms with Gasteiger partial charge in [-0.25, -0.2) is 4.68 Å². The Hall–Kier alpha value is -1.50. The predicted octanol–water partition coefficient (Wildman–Crippen LogP) is 1.18. The van der Waals surface area contributed by atoms with E-state index in [4.69, 9.17) is 0 Å². The average Bonchev–Trinajstić information content (AvgIpc) is 3.02. The van der Waals surface area contributed by atoms with Gasteiger partial charge >= 0.3 is 0 Å². The van der Waals surface area contributed by atoms with Gasteiger partial charge in [-0.1, -0.05) is 17.3 Å². The monoisotopic (exact) mass is 314 g/mol. The Bertz CT molecular complexity index is 639. The van der Waals surface area contributed by atoms with Crippen LogP contribution in [0.4, 0.5) is 0 Å². The van der Waals surface area contributed by atoms with Crippen molar-refractivity contribution in [2.45, 2.75) is 19.0 Å². The van der Waals surface area contributed by atoms with Gasteiger partial charge in [0.2, 0.25) is 0 Å². The van der Waals surface area contributed by atoms with E-state index in [0.717, 1.165) is 50.3 Å². The number of fused-ring (bicyclic) bond motifs is 1. The van der Waals surface area contributed by atoms with E-state index < -0.39 is 0 Å². The van der Waals surface area contributed by atoms with Gasteiger partial charge in [0, 0.05) is 26.2 Å². The van der Waals surface area contributed by atoms with Gasteiger partial charge in [-0.3, -0.25) is 4.90 Å². The van der Waals surface area contributed by atoms with E-state index in [1.807, 2.05) is 6.07 Å². The molecule has 1 N–H and O–H groups in total. The molecule has 4 rings (SSSR count). The van der Waals surface area contributed by atoms with Crippen molar-refractivity contribution in [3.8, 4) is 0 Å². The first kappa shape index (κ1) is 15.1. The fourth-order valence-corrected chi connectivity index (χ4v) is 3.96. The van der Waals surface area contributed by atoms with Crippen LogP contribution in [0.2, 0.25) is 0 Å². The molecule has 1 atom stereocenters. The molecule has 124 valence electrons. The zero-order valence-electron chi connectivity index (χ0n) is 13.9. The van der Waals surface area contributed by atoms with Gasteiger partial charge in [-0.2, -0.15) is 0 Å². The Labute approximate surface area is 137 Å². The summed E-state index contributed by atoms with van der Waals surface area (Å²) in [6.07, 6.45) is 2.76. The van der Waals surface area contributed by atoms with E-state index >= 15 is 0 Å². The zero-order chi connectivity index (χ0) is 15.6. The van der Waals surface area contributed by atoms with Crippen LogP contribution in [0.3, 0.4) is 0 Å². The Morgan fingerprint density at radius 2 is 1.83 bits per heavy atom. The topological polar surface area (TPSA) is 49.2 Å². The summed E-state index contributed by atoms with van der Waals surface area (Å²) in [6.45, 7) is 6.71. The van der Waals surface area contributed by atoms with Crippen molar-refractivity contribution in [1.82, 2.24) is 30.1 Å². The van der Waals surface area contributed by atoms with Crippen molar-refractivity contribution in [3.63, 3.8) is 0 Å². The maximum Gasteiger partial charge on any atom is 0.113 e. The van der Waals surface area contributed by atoms with E-state index in [0.29, 0.717) is 12.1 Å². The quantitative estimate of drug-likeness (QED) is 0.922. The molecular weight excluding hydrogens is 288 g/mol. The molecule has 0 aliphatic carbocycles. The van der Waals surface area contributed by atoms with Gasteiger partial charge in [0.25, 0.3) is 0 Å². The fourth-order valence-electron chi connectivity index (χ4n) is 3.96. The number of para-hydroxylation sites is 1. The van der Waals surface area contributed by atoms with Gasteiger partial charge in [-0.15, -0.1) is 5.10 Å². The number of nitrogens with zero attached hydrogens (tertiary/aromatic N) is 5. The summed E-state index contributed by atoms with van der Waals surface area (Å²) in [7, 11) is 2.21. The number of nitrogens with one attached hydrogen (secondary N) is 1. The Balaban J connectivity index is 1.69. The molecule has 0 spiro atoms. The van der Waals surface area contributed by atoms with E-state index in [-0.39, 0.29) is 0 Å². The highest BCUT2D eigenvalue weighted by molar-refractivity contribution is 5.73. The molecule has 2 aliphatic heterocycles. The Kier molecular flexibility index (Phi) is 4.29. The molecule has 2 saturated heterocycles. The van der Waals surface area contributed by atoms with Crippen LogP contribution in [0.5, 0.6) is 0 Å². The minimum absolute atomic E-state index is 0.332. The summed E-state index contributed by atoms with van der Waals surface area (Å²) < 4.78 is 2.19. The number of piperidine rings is 1. The van der Waals surface area contributed by atoms with Gasteiger partial charge in [0.05, 0.1) is 5.52 Å². The average molecular weight is 314 g/mol. The summed E-state index contributed by atoms with van der Waals surface area (Å²) in [5, 5.41) is 12.5. The number of rotatable bonds is 3. The second-order valence-electron chi connectivity index (χ2n) is 6.86. The van der Waals surface area contributed by atoms with Crippen LogP contribution >= 0.6 is 0 Å². The van der Waals surface area contributed by atoms with Crippen LogP contribution in [0, 0.1) is 5.92 Å². The SMILES string of the molecule is CN1CCN(C(C2CCNCC2)n2nnc3ccccc32)CC1. The molecule has 6 heteroatoms. The van der Waals surface area contributed by atoms with Gasteiger partial charge in [0.15, 0.2) is 0 Å². The predicted molar refractivity (Wildman–Crippen MR) is 91.2 cm³/mol. The van der Waals surface area contributed by atoms with Crippen LogP contribution < -0.4 is 5.32 Å². The lowest BCUT2D eigenvalue weighted by Crippen LogP contribution is -2.50. The maximum absolute atomic E-state index is 4.56. The first-order valence-corrected chi connectivity index (χ1v) is 8.76. The molecule has 0 radical (unpaired) electrons. The highest BCUT2D eigenvalue weighted by Crippen LogP contribution is 2.32. The summed E-state index contributed by atoms with van der Waals surface area (Å²) in [5.74, 6) is 0.643. The van der Waals surface area contributed by atoms with Gasteiger partial charge in [-0.05, 0) is 51.0 Å². The Morgan fingerprint density at radius 3 is 2.61 bits per heavy atom. The summed E-state index contributed by atoms with van der Waals surface area (Å²) in [4.78, 5) is 5.03. The van der Waals surface area contributed by atoms with Gasteiger partial charge in [0.1, 0.15) is 11.7 Å². The van der Waals surface area contributed by atoms with Crippen LogP contribution in [-0.4, -0.2) is 71.1 Å². The third kappa shape index (κ3) is 2.98. The second kappa shape index (κ2) is 6.55. The number of hydrogen-bond acceptors (Lipinski definition) is 5. The third-order valence-corrected chi connectivity index (χ3v) is 5.35. The molecule has 1 aromatic carbocycles. The second-order valence-corrected chi connectivity index (χ2v) is 6.86. The number of benzene rings is 1. The molecule has 1 unspecified atom stereocenters. The summed E-state index contributed by atoms with van der Waals surface area (Å²) in [6, 6.07) is 8.34. The van der Waals surface area contributed by atoms with Crippen LogP contribution in [0.1, 0.15) is 19.0 Å². The highest BCUT2D eigenvalue weighted by atomic mass is 15.5. The molecular formula is C17H26N6. The molecule has 2 fully saturated rings. The van der Waals surface area contributed by atoms with E-state index in [1.165, 1.54) is 12.8 Å². The van der Waals surface area contributed by atoms with Crippen molar-refractivity contribution in [2.24, 2.45) is 5.92 Å². The number of aromatic nitrogens is 3. The molecule has 0 saturated carbocycles. The van der Waals surface area contributed by atoms with Crippen LogP contribution in [-0.2, 0) is 0 Å². The minimum Gasteiger partial charge on any atom is -0.317 e. The van der Waals surface area contributed by atoms with Gasteiger partial charge < -0.3 is 10.2 Å². The molecule has 1 aromatic heterocycles. The molecule has 6 nitrogen and oxygen atoms in total. The third-order valence-electron chi connectivity index (χ3n) is 5.35. The van der Waals surface area contributed by atoms with Crippen molar-refractivity contribution in [3.05, 3.63) is 24.3 Å². The fraction of sp³-hybridized carbons (Fsp3) is 0.647. The summed E-state index contributed by atoms with van der Waals surface area (Å²) >= 11 is 0. The number of piperazine rings is 1. The first-order valence-electron chi connectivity index (χ1n) is 8.76. The Morgan fingerprint density at radius 1 is 1.09 bits per heavy atom. The molecule has 23 heavy (non-hydrogen) atoms. The zero-order valence-corrected chi connectivity index (χ0v) is 13.9. The van der Waals surface area contributed by atoms with Crippen molar-refractivity contribution in [1.29, 1.82) is 0 Å². The largest absolute Gasteiger partial charge is 0.317 e. The standard InChI is InChI=1S/C17H26N6/c1-21-10-12-22(13-11-21)17(14-6-8-18-9-7-14)23-16-5-3-2-4-15(16)19-20-23/h2-5,14,17-18H,6-13H2,1H3. The normalized spacial score (nSPS) is 23.3. The smallest absolute Gasteiger partial charge is 0.113 e. The minimum atomic E-state index is 0.332. The lowest BCUT2D eigenvalue weighted by Gasteiger charge is -2.42. The molecule has 2 aliphatic rings. The van der Waals surface area contributed by atoms with Crippen molar-refractivity contribution < 1.29 is 0 Å². The molecule has 0 amide bonds. The molecule has 2 aromatic rings. The van der Waals surface area contributed by atoms with E-state index in [1.54, 1.807) is 0 Å². The van der Waals surface area contributed by atoms with Crippen molar-refractivity contribution >= 4 is 11.0 Å².